The molecule has 0 saturated heterocycles. The molecular formula is C18H26O5Si. The minimum absolute atomic E-state index is 0.00571. The van der Waals surface area contributed by atoms with E-state index in [9.17, 15) is 14.4 Å². The number of hydrogen-bond donors (Lipinski definition) is 0. The van der Waals surface area contributed by atoms with Gasteiger partial charge in [0.2, 0.25) is 5.78 Å². The molecule has 0 aromatic carbocycles. The summed E-state index contributed by atoms with van der Waals surface area (Å²) in [4.78, 5) is 34.6. The third-order valence-corrected chi connectivity index (χ3v) is 4.75. The van der Waals surface area contributed by atoms with Gasteiger partial charge in [0.1, 0.15) is 12.7 Å². The predicted molar refractivity (Wildman–Crippen MR) is 95.3 cm³/mol. The predicted octanol–water partition coefficient (Wildman–Crippen LogP) is 3.20. The van der Waals surface area contributed by atoms with E-state index in [4.69, 9.17) is 9.47 Å². The summed E-state index contributed by atoms with van der Waals surface area (Å²) < 4.78 is 10.6. The van der Waals surface area contributed by atoms with Gasteiger partial charge in [-0.15, -0.1) is 0 Å². The van der Waals surface area contributed by atoms with Gasteiger partial charge in [0.25, 0.3) is 0 Å². The normalized spacial score (nSPS) is 16.7. The molecule has 0 heterocycles. The second-order valence-electron chi connectivity index (χ2n) is 7.08. The van der Waals surface area contributed by atoms with Crippen LogP contribution >= 0.6 is 0 Å². The van der Waals surface area contributed by atoms with Crippen LogP contribution in [0, 0.1) is 0 Å². The van der Waals surface area contributed by atoms with Crippen LogP contribution in [-0.4, -0.2) is 38.3 Å². The summed E-state index contributed by atoms with van der Waals surface area (Å²) in [5.74, 6) is -1.00. The van der Waals surface area contributed by atoms with Crippen LogP contribution in [0.2, 0.25) is 25.7 Å². The zero-order valence-corrected chi connectivity index (χ0v) is 16.0. The third kappa shape index (κ3) is 7.54. The van der Waals surface area contributed by atoms with Gasteiger partial charge in [-0.3, -0.25) is 14.4 Å². The lowest BCUT2D eigenvalue weighted by Gasteiger charge is -2.18. The molecule has 6 heteroatoms. The Labute approximate surface area is 144 Å². The van der Waals surface area contributed by atoms with Gasteiger partial charge in [0.05, 0.1) is 0 Å². The maximum atomic E-state index is 11.8. The van der Waals surface area contributed by atoms with Crippen LogP contribution in [0.3, 0.4) is 0 Å². The Morgan fingerprint density at radius 1 is 1.17 bits per heavy atom. The van der Waals surface area contributed by atoms with Crippen molar-refractivity contribution in [1.29, 1.82) is 0 Å². The van der Waals surface area contributed by atoms with Crippen molar-refractivity contribution in [2.75, 3.05) is 6.61 Å². The first-order chi connectivity index (χ1) is 11.1. The largest absolute Gasteiger partial charge is 0.485 e. The summed E-state index contributed by atoms with van der Waals surface area (Å²) in [6.07, 6.45) is 6.53. The maximum absolute atomic E-state index is 11.8. The molecule has 1 aliphatic carbocycles. The molecule has 1 unspecified atom stereocenters. The smallest absolute Gasteiger partial charge is 0.303 e. The average Bonchev–Trinajstić information content (AvgIpc) is 2.44. The second-order valence-corrected chi connectivity index (χ2v) is 12.6. The Bertz CT molecular complexity index is 593. The van der Waals surface area contributed by atoms with Crippen LogP contribution < -0.4 is 0 Å². The summed E-state index contributed by atoms with van der Waals surface area (Å²) in [7, 11) is -1.15. The van der Waals surface area contributed by atoms with Crippen LogP contribution in [0.15, 0.2) is 35.6 Å². The second kappa shape index (κ2) is 8.77. The monoisotopic (exact) mass is 350 g/mol. The number of carbonyl (C=O) groups excluding carboxylic acids is 3. The Kier molecular flexibility index (Phi) is 7.35. The van der Waals surface area contributed by atoms with E-state index in [0.717, 1.165) is 6.04 Å². The topological polar surface area (TPSA) is 69.7 Å². The molecule has 0 aromatic heterocycles. The standard InChI is InChI=1S/C18H26O5Si/c1-13-10-17(21)18(11-16(13)20)22-12-15(23-14(2)19)8-6-7-9-24(3,4)5/h6-7,10-11,15H,8-9,12H2,1-5H3/b7-6-. The Hall–Kier alpha value is -1.95. The lowest BCUT2D eigenvalue weighted by atomic mass is 10.0. The molecule has 0 amide bonds. The highest BCUT2D eigenvalue weighted by molar-refractivity contribution is 6.76. The van der Waals surface area contributed by atoms with Crippen LogP contribution in [0.1, 0.15) is 20.3 Å². The zero-order valence-electron chi connectivity index (χ0n) is 15.0. The quantitative estimate of drug-likeness (QED) is 0.291. The van der Waals surface area contributed by atoms with E-state index in [-0.39, 0.29) is 23.9 Å². The molecule has 1 aliphatic rings. The van der Waals surface area contributed by atoms with E-state index in [1.54, 1.807) is 6.92 Å². The molecular weight excluding hydrogens is 324 g/mol. The van der Waals surface area contributed by atoms with Gasteiger partial charge in [-0.2, -0.15) is 0 Å². The fourth-order valence-corrected chi connectivity index (χ4v) is 2.88. The Morgan fingerprint density at radius 3 is 2.42 bits per heavy atom. The maximum Gasteiger partial charge on any atom is 0.303 e. The summed E-state index contributed by atoms with van der Waals surface area (Å²) in [5.41, 5.74) is 0.387. The van der Waals surface area contributed by atoms with Gasteiger partial charge in [0.15, 0.2) is 11.5 Å². The van der Waals surface area contributed by atoms with Crippen LogP contribution in [-0.2, 0) is 23.9 Å². The summed E-state index contributed by atoms with van der Waals surface area (Å²) in [5, 5.41) is 0. The molecule has 0 aliphatic heterocycles. The van der Waals surface area contributed by atoms with Crippen molar-refractivity contribution in [2.24, 2.45) is 0 Å². The van der Waals surface area contributed by atoms with E-state index in [0.29, 0.717) is 12.0 Å². The molecule has 0 aromatic rings. The van der Waals surface area contributed by atoms with E-state index in [1.165, 1.54) is 19.1 Å². The molecule has 0 N–H and O–H groups in total. The van der Waals surface area contributed by atoms with E-state index < -0.39 is 20.1 Å². The first kappa shape index (κ1) is 20.1. The van der Waals surface area contributed by atoms with Gasteiger partial charge in [-0.25, -0.2) is 0 Å². The van der Waals surface area contributed by atoms with Crippen molar-refractivity contribution in [1.82, 2.24) is 0 Å². The highest BCUT2D eigenvalue weighted by Crippen LogP contribution is 2.15. The lowest BCUT2D eigenvalue weighted by Crippen LogP contribution is -2.24. The number of ether oxygens (including phenoxy) is 2. The van der Waals surface area contributed by atoms with Gasteiger partial charge < -0.3 is 9.47 Å². The summed E-state index contributed by atoms with van der Waals surface area (Å²) >= 11 is 0. The Balaban J connectivity index is 2.60. The highest BCUT2D eigenvalue weighted by Gasteiger charge is 2.21. The third-order valence-electron chi connectivity index (χ3n) is 3.29. The van der Waals surface area contributed by atoms with E-state index in [1.807, 2.05) is 6.08 Å². The van der Waals surface area contributed by atoms with Crippen LogP contribution in [0.4, 0.5) is 0 Å². The van der Waals surface area contributed by atoms with Crippen molar-refractivity contribution in [3.8, 4) is 0 Å². The van der Waals surface area contributed by atoms with Gasteiger partial charge in [-0.1, -0.05) is 31.8 Å². The molecule has 0 spiro atoms. The molecule has 1 rings (SSSR count). The van der Waals surface area contributed by atoms with Crippen molar-refractivity contribution in [3.05, 3.63) is 35.6 Å². The first-order valence-corrected chi connectivity index (χ1v) is 11.7. The fourth-order valence-electron chi connectivity index (χ4n) is 2.01. The SMILES string of the molecule is CC(=O)OC(C/C=C\C[Si](C)(C)C)COC1=CC(=O)C(C)=CC1=O. The van der Waals surface area contributed by atoms with Crippen molar-refractivity contribution in [2.45, 2.75) is 52.1 Å². The molecule has 0 fully saturated rings. The molecule has 132 valence electrons. The fraction of sp³-hybridized carbons (Fsp3) is 0.500. The number of carbonyl (C=O) groups is 3. The summed E-state index contributed by atoms with van der Waals surface area (Å²) in [6, 6.07) is 1.04. The van der Waals surface area contributed by atoms with E-state index in [2.05, 4.69) is 25.7 Å². The van der Waals surface area contributed by atoms with Crippen molar-refractivity contribution < 1.29 is 23.9 Å². The molecule has 24 heavy (non-hydrogen) atoms. The highest BCUT2D eigenvalue weighted by atomic mass is 28.3. The molecule has 0 bridgehead atoms. The van der Waals surface area contributed by atoms with E-state index >= 15 is 0 Å². The molecule has 0 radical (unpaired) electrons. The molecule has 1 atom stereocenters. The number of esters is 1. The Morgan fingerprint density at radius 2 is 1.83 bits per heavy atom. The van der Waals surface area contributed by atoms with Crippen LogP contribution in [0.5, 0.6) is 0 Å². The molecule has 5 nitrogen and oxygen atoms in total. The van der Waals surface area contributed by atoms with Crippen LogP contribution in [0.25, 0.3) is 0 Å². The van der Waals surface area contributed by atoms with Gasteiger partial charge >= 0.3 is 5.97 Å². The number of rotatable bonds is 8. The number of ketones is 2. The van der Waals surface area contributed by atoms with Crippen molar-refractivity contribution >= 4 is 25.6 Å². The minimum atomic E-state index is -1.15. The number of allylic oxidation sites excluding steroid dienone is 4. The number of hydrogen-bond acceptors (Lipinski definition) is 5. The van der Waals surface area contributed by atoms with Gasteiger partial charge in [-0.05, 0) is 19.0 Å². The molecule has 0 saturated carbocycles. The van der Waals surface area contributed by atoms with Gasteiger partial charge in [0, 0.05) is 33.1 Å². The average molecular weight is 350 g/mol. The lowest BCUT2D eigenvalue weighted by molar-refractivity contribution is -0.148. The van der Waals surface area contributed by atoms with Crippen molar-refractivity contribution in [3.63, 3.8) is 0 Å². The summed E-state index contributed by atoms with van der Waals surface area (Å²) in [6.45, 7) is 9.78. The minimum Gasteiger partial charge on any atom is -0.485 e. The first-order valence-electron chi connectivity index (χ1n) is 8.02. The zero-order chi connectivity index (χ0) is 18.3.